The van der Waals surface area contributed by atoms with Crippen LogP contribution in [0.1, 0.15) is 43.9 Å². The number of nitrogens with zero attached hydrogens (tertiary/aromatic N) is 2. The SMILES string of the molecule is Cc1cccc(C)c1OCc1ccc(C(=O)Nc2cc(C)n(Cc3cccc(C(F)(F)F)c3)n2)cc1. The maximum absolute atomic E-state index is 13.0. The molecule has 0 aliphatic carbocycles. The highest BCUT2D eigenvalue weighted by molar-refractivity contribution is 6.03. The average Bonchev–Trinajstić information content (AvgIpc) is 3.17. The first kappa shape index (κ1) is 25.0. The zero-order valence-electron chi connectivity index (χ0n) is 20.2. The Morgan fingerprint density at radius 2 is 1.58 bits per heavy atom. The minimum Gasteiger partial charge on any atom is -0.488 e. The smallest absolute Gasteiger partial charge is 0.416 e. The Kier molecular flexibility index (Phi) is 7.15. The van der Waals surface area contributed by atoms with Gasteiger partial charge >= 0.3 is 6.18 Å². The third-order valence-corrected chi connectivity index (χ3v) is 5.82. The molecule has 0 saturated heterocycles. The summed E-state index contributed by atoms with van der Waals surface area (Å²) < 4.78 is 46.5. The molecule has 0 aliphatic rings. The van der Waals surface area contributed by atoms with Crippen LogP contribution in [0.25, 0.3) is 0 Å². The number of hydrogen-bond acceptors (Lipinski definition) is 3. The first-order chi connectivity index (χ1) is 17.1. The lowest BCUT2D eigenvalue weighted by atomic mass is 10.1. The molecule has 5 nitrogen and oxygen atoms in total. The number of ether oxygens (including phenoxy) is 1. The summed E-state index contributed by atoms with van der Waals surface area (Å²) in [6.45, 7) is 6.31. The summed E-state index contributed by atoms with van der Waals surface area (Å²) in [6.07, 6.45) is -4.41. The number of anilines is 1. The highest BCUT2D eigenvalue weighted by Gasteiger charge is 2.30. The fourth-order valence-corrected chi connectivity index (χ4v) is 3.87. The van der Waals surface area contributed by atoms with Gasteiger partial charge in [-0.05, 0) is 67.3 Å². The maximum Gasteiger partial charge on any atom is 0.416 e. The van der Waals surface area contributed by atoms with Gasteiger partial charge in [0.1, 0.15) is 12.4 Å². The summed E-state index contributed by atoms with van der Waals surface area (Å²) in [5, 5.41) is 7.09. The zero-order chi connectivity index (χ0) is 25.9. The molecule has 1 N–H and O–H groups in total. The molecule has 1 aromatic heterocycles. The Bertz CT molecular complexity index is 1360. The van der Waals surface area contributed by atoms with Crippen LogP contribution in [0, 0.1) is 20.8 Å². The van der Waals surface area contributed by atoms with E-state index in [9.17, 15) is 18.0 Å². The molecule has 0 atom stereocenters. The van der Waals surface area contributed by atoms with Crippen molar-refractivity contribution in [3.63, 3.8) is 0 Å². The molecule has 3 aromatic carbocycles. The molecule has 0 spiro atoms. The fourth-order valence-electron chi connectivity index (χ4n) is 3.87. The van der Waals surface area contributed by atoms with Crippen molar-refractivity contribution in [2.45, 2.75) is 40.1 Å². The Morgan fingerprint density at radius 3 is 2.25 bits per heavy atom. The fraction of sp³-hybridized carbons (Fsp3) is 0.214. The molecular weight excluding hydrogens is 467 g/mol. The second kappa shape index (κ2) is 10.3. The molecule has 0 aliphatic heterocycles. The van der Waals surface area contributed by atoms with Gasteiger partial charge in [0.25, 0.3) is 5.91 Å². The third kappa shape index (κ3) is 5.94. The number of carbonyl (C=O) groups is 1. The molecule has 4 aromatic rings. The molecule has 4 rings (SSSR count). The van der Waals surface area contributed by atoms with Gasteiger partial charge in [-0.15, -0.1) is 0 Å². The minimum absolute atomic E-state index is 0.153. The number of benzene rings is 3. The van der Waals surface area contributed by atoms with Gasteiger partial charge in [-0.1, -0.05) is 42.5 Å². The average molecular weight is 494 g/mol. The van der Waals surface area contributed by atoms with Crippen LogP contribution in [-0.2, 0) is 19.3 Å². The number of amides is 1. The Balaban J connectivity index is 1.38. The molecule has 0 unspecified atom stereocenters. The summed E-state index contributed by atoms with van der Waals surface area (Å²) in [6, 6.07) is 19.9. The van der Waals surface area contributed by atoms with Crippen molar-refractivity contribution in [1.82, 2.24) is 9.78 Å². The van der Waals surface area contributed by atoms with Crippen LogP contribution in [0.5, 0.6) is 5.75 Å². The van der Waals surface area contributed by atoms with Gasteiger partial charge in [0.15, 0.2) is 5.82 Å². The zero-order valence-corrected chi connectivity index (χ0v) is 20.2. The number of aryl methyl sites for hydroxylation is 3. The lowest BCUT2D eigenvalue weighted by Gasteiger charge is -2.12. The second-order valence-corrected chi connectivity index (χ2v) is 8.69. The van der Waals surface area contributed by atoms with Crippen LogP contribution in [-0.4, -0.2) is 15.7 Å². The van der Waals surface area contributed by atoms with Crippen molar-refractivity contribution >= 4 is 11.7 Å². The Morgan fingerprint density at radius 1 is 0.917 bits per heavy atom. The highest BCUT2D eigenvalue weighted by Crippen LogP contribution is 2.30. The van der Waals surface area contributed by atoms with E-state index >= 15 is 0 Å². The number of para-hydroxylation sites is 1. The predicted octanol–water partition coefficient (Wildman–Crippen LogP) is 6.71. The van der Waals surface area contributed by atoms with Crippen molar-refractivity contribution in [1.29, 1.82) is 0 Å². The number of rotatable bonds is 7. The number of aromatic nitrogens is 2. The maximum atomic E-state index is 13.0. The van der Waals surface area contributed by atoms with E-state index in [1.165, 1.54) is 6.07 Å². The van der Waals surface area contributed by atoms with Crippen LogP contribution >= 0.6 is 0 Å². The van der Waals surface area contributed by atoms with Gasteiger partial charge in [0.05, 0.1) is 12.1 Å². The summed E-state index contributed by atoms with van der Waals surface area (Å²) in [4.78, 5) is 12.7. The van der Waals surface area contributed by atoms with Crippen LogP contribution in [0.2, 0.25) is 0 Å². The van der Waals surface area contributed by atoms with E-state index in [0.29, 0.717) is 29.2 Å². The third-order valence-electron chi connectivity index (χ3n) is 5.82. The number of alkyl halides is 3. The van der Waals surface area contributed by atoms with E-state index < -0.39 is 11.7 Å². The first-order valence-electron chi connectivity index (χ1n) is 11.4. The quantitative estimate of drug-likeness (QED) is 0.311. The van der Waals surface area contributed by atoms with Crippen molar-refractivity contribution in [2.75, 3.05) is 5.32 Å². The van der Waals surface area contributed by atoms with Crippen molar-refractivity contribution in [3.8, 4) is 5.75 Å². The van der Waals surface area contributed by atoms with Gasteiger partial charge in [0.2, 0.25) is 0 Å². The standard InChI is InChI=1S/C28H26F3N3O2/c1-18-6-4-7-19(2)26(18)36-17-21-10-12-23(13-11-21)27(35)32-25-14-20(3)34(33-25)16-22-8-5-9-24(15-22)28(29,30)31/h4-15H,16-17H2,1-3H3,(H,32,33,35). The molecule has 36 heavy (non-hydrogen) atoms. The molecule has 0 fully saturated rings. The lowest BCUT2D eigenvalue weighted by molar-refractivity contribution is -0.137. The topological polar surface area (TPSA) is 56.1 Å². The molecule has 0 saturated carbocycles. The van der Waals surface area contributed by atoms with E-state index in [-0.39, 0.29) is 12.5 Å². The van der Waals surface area contributed by atoms with Crippen molar-refractivity contribution in [3.05, 3.63) is 112 Å². The summed E-state index contributed by atoms with van der Waals surface area (Å²) in [5.74, 6) is 0.850. The normalized spacial score (nSPS) is 11.4. The van der Waals surface area contributed by atoms with Crippen LogP contribution in [0.3, 0.4) is 0 Å². The van der Waals surface area contributed by atoms with E-state index in [4.69, 9.17) is 4.74 Å². The van der Waals surface area contributed by atoms with Crippen LogP contribution in [0.15, 0.2) is 72.8 Å². The van der Waals surface area contributed by atoms with Gasteiger partial charge < -0.3 is 10.1 Å². The number of carbonyl (C=O) groups excluding carboxylic acids is 1. The van der Waals surface area contributed by atoms with E-state index in [1.54, 1.807) is 35.9 Å². The van der Waals surface area contributed by atoms with E-state index in [1.807, 2.05) is 44.2 Å². The van der Waals surface area contributed by atoms with Crippen molar-refractivity contribution < 1.29 is 22.7 Å². The Hall–Kier alpha value is -4.07. The predicted molar refractivity (Wildman–Crippen MR) is 132 cm³/mol. The van der Waals surface area contributed by atoms with Gasteiger partial charge in [-0.2, -0.15) is 18.3 Å². The summed E-state index contributed by atoms with van der Waals surface area (Å²) in [5.41, 5.74) is 3.98. The monoisotopic (exact) mass is 493 g/mol. The first-order valence-corrected chi connectivity index (χ1v) is 11.4. The second-order valence-electron chi connectivity index (χ2n) is 8.69. The molecule has 0 radical (unpaired) electrons. The minimum atomic E-state index is -4.41. The lowest BCUT2D eigenvalue weighted by Crippen LogP contribution is -2.13. The largest absolute Gasteiger partial charge is 0.488 e. The highest BCUT2D eigenvalue weighted by atomic mass is 19.4. The van der Waals surface area contributed by atoms with E-state index in [0.717, 1.165) is 34.6 Å². The number of halogens is 3. The van der Waals surface area contributed by atoms with Crippen molar-refractivity contribution in [2.24, 2.45) is 0 Å². The summed E-state index contributed by atoms with van der Waals surface area (Å²) >= 11 is 0. The van der Waals surface area contributed by atoms with Crippen LogP contribution < -0.4 is 10.1 Å². The van der Waals surface area contributed by atoms with E-state index in [2.05, 4.69) is 10.4 Å². The molecular formula is C28H26F3N3O2. The number of hydrogen-bond donors (Lipinski definition) is 1. The van der Waals surface area contributed by atoms with Crippen LogP contribution in [0.4, 0.5) is 19.0 Å². The van der Waals surface area contributed by atoms with Gasteiger partial charge in [-0.3, -0.25) is 9.48 Å². The molecule has 1 heterocycles. The van der Waals surface area contributed by atoms with Gasteiger partial charge in [-0.25, -0.2) is 0 Å². The molecule has 186 valence electrons. The summed E-state index contributed by atoms with van der Waals surface area (Å²) in [7, 11) is 0. The number of nitrogens with one attached hydrogen (secondary N) is 1. The van der Waals surface area contributed by atoms with Gasteiger partial charge in [0, 0.05) is 17.3 Å². The molecule has 1 amide bonds. The molecule has 8 heteroatoms. The molecule has 0 bridgehead atoms. The Labute approximate surface area is 207 Å².